The number of guanidine groups is 1. The van der Waals surface area contributed by atoms with Crippen molar-refractivity contribution in [3.8, 4) is 11.6 Å². The molecule has 0 aliphatic rings. The summed E-state index contributed by atoms with van der Waals surface area (Å²) in [7, 11) is 1.77. The average molecular weight is 403 g/mol. The zero-order valence-corrected chi connectivity index (χ0v) is 17.0. The molecule has 0 radical (unpaired) electrons. The van der Waals surface area contributed by atoms with Crippen LogP contribution in [0, 0.1) is 0 Å². The first-order valence-electron chi connectivity index (χ1n) is 10.1. The van der Waals surface area contributed by atoms with Gasteiger partial charge in [0.2, 0.25) is 0 Å². The summed E-state index contributed by atoms with van der Waals surface area (Å²) in [4.78, 5) is 12.9. The summed E-state index contributed by atoms with van der Waals surface area (Å²) in [6, 6.07) is 16.2. The van der Waals surface area contributed by atoms with E-state index in [4.69, 9.17) is 4.52 Å². The molecule has 1 aromatic carbocycles. The van der Waals surface area contributed by atoms with Crippen LogP contribution in [-0.4, -0.2) is 45.8 Å². The lowest BCUT2D eigenvalue weighted by atomic mass is 10.2. The van der Waals surface area contributed by atoms with Gasteiger partial charge in [0, 0.05) is 51.0 Å². The summed E-state index contributed by atoms with van der Waals surface area (Å²) in [5.74, 6) is 1.84. The van der Waals surface area contributed by atoms with E-state index in [0.29, 0.717) is 30.4 Å². The lowest BCUT2D eigenvalue weighted by Crippen LogP contribution is -2.39. The Bertz CT molecular complexity index is 1100. The molecule has 0 spiro atoms. The molecule has 0 saturated heterocycles. The lowest BCUT2D eigenvalue weighted by Gasteiger charge is -2.11. The molecule has 0 fully saturated rings. The first kappa shape index (κ1) is 19.6. The predicted octanol–water partition coefficient (Wildman–Crippen LogP) is 2.88. The molecule has 0 bridgehead atoms. The van der Waals surface area contributed by atoms with Crippen LogP contribution in [0.25, 0.3) is 22.5 Å². The number of hydrogen-bond donors (Lipinski definition) is 2. The van der Waals surface area contributed by atoms with Gasteiger partial charge in [0.25, 0.3) is 5.89 Å². The Balaban J connectivity index is 1.19. The second-order valence-corrected chi connectivity index (χ2v) is 6.83. The van der Waals surface area contributed by atoms with E-state index in [1.54, 1.807) is 13.2 Å². The van der Waals surface area contributed by atoms with Crippen molar-refractivity contribution < 1.29 is 4.52 Å². The van der Waals surface area contributed by atoms with E-state index in [2.05, 4.69) is 71.8 Å². The van der Waals surface area contributed by atoms with Crippen molar-refractivity contribution in [3.05, 3.63) is 66.7 Å². The number of fused-ring (bicyclic) bond motifs is 1. The molecule has 4 aromatic rings. The summed E-state index contributed by atoms with van der Waals surface area (Å²) in [6.07, 6.45) is 5.47. The lowest BCUT2D eigenvalue weighted by molar-refractivity contribution is 0.421. The number of rotatable bonds is 8. The fraction of sp³-hybridized carbons (Fsp3) is 0.273. The van der Waals surface area contributed by atoms with Gasteiger partial charge < -0.3 is 19.7 Å². The number of nitrogens with one attached hydrogen (secondary N) is 2. The molecule has 0 unspecified atom stereocenters. The fourth-order valence-electron chi connectivity index (χ4n) is 3.25. The van der Waals surface area contributed by atoms with Crippen LogP contribution < -0.4 is 10.6 Å². The van der Waals surface area contributed by atoms with E-state index in [0.717, 1.165) is 25.5 Å². The number of aryl methyl sites for hydroxylation is 1. The van der Waals surface area contributed by atoms with E-state index in [-0.39, 0.29) is 0 Å². The van der Waals surface area contributed by atoms with Crippen molar-refractivity contribution in [2.24, 2.45) is 4.99 Å². The molecule has 0 aliphatic carbocycles. The fourth-order valence-corrected chi connectivity index (χ4v) is 3.25. The zero-order valence-electron chi connectivity index (χ0n) is 17.0. The van der Waals surface area contributed by atoms with Crippen LogP contribution in [0.1, 0.15) is 12.2 Å². The normalized spacial score (nSPS) is 11.7. The first-order chi connectivity index (χ1) is 14.8. The summed E-state index contributed by atoms with van der Waals surface area (Å²) in [5, 5.41) is 11.9. The van der Waals surface area contributed by atoms with Crippen molar-refractivity contribution in [3.63, 3.8) is 0 Å². The quantitative estimate of drug-likeness (QED) is 0.267. The van der Waals surface area contributed by atoms with Crippen molar-refractivity contribution in [2.45, 2.75) is 19.4 Å². The van der Waals surface area contributed by atoms with Crippen molar-refractivity contribution in [1.82, 2.24) is 30.3 Å². The van der Waals surface area contributed by atoms with Gasteiger partial charge in [0.15, 0.2) is 11.8 Å². The maximum Gasteiger partial charge on any atom is 0.276 e. The third kappa shape index (κ3) is 4.83. The zero-order chi connectivity index (χ0) is 20.6. The Morgan fingerprint density at radius 3 is 2.80 bits per heavy atom. The Morgan fingerprint density at radius 1 is 1.07 bits per heavy atom. The van der Waals surface area contributed by atoms with Gasteiger partial charge in [-0.3, -0.25) is 9.98 Å². The summed E-state index contributed by atoms with van der Waals surface area (Å²) < 4.78 is 7.56. The Hall–Kier alpha value is -3.68. The minimum Gasteiger partial charge on any atom is -0.356 e. The van der Waals surface area contributed by atoms with Crippen molar-refractivity contribution in [1.29, 1.82) is 0 Å². The number of benzene rings is 1. The molecule has 0 saturated carbocycles. The Morgan fingerprint density at radius 2 is 1.93 bits per heavy atom. The summed E-state index contributed by atoms with van der Waals surface area (Å²) in [5.41, 5.74) is 1.95. The first-order valence-corrected chi connectivity index (χ1v) is 10.1. The maximum absolute atomic E-state index is 5.28. The van der Waals surface area contributed by atoms with Gasteiger partial charge in [-0.25, -0.2) is 0 Å². The third-order valence-electron chi connectivity index (χ3n) is 4.77. The second-order valence-electron chi connectivity index (χ2n) is 6.83. The van der Waals surface area contributed by atoms with Crippen molar-refractivity contribution >= 4 is 16.9 Å². The van der Waals surface area contributed by atoms with E-state index in [1.807, 2.05) is 18.2 Å². The maximum atomic E-state index is 5.28. The standard InChI is InChI=1S/C22H25N7O/c1-23-22(25-13-6-15-29-16-11-17-7-2-3-9-19(17)29)26-14-10-20-27-21(30-28-20)18-8-4-5-12-24-18/h2-5,7-9,11-12,16H,6,10,13-15H2,1H3,(H2,23,25,26). The molecule has 8 heteroatoms. The molecule has 8 nitrogen and oxygen atoms in total. The molecule has 3 aromatic heterocycles. The molecule has 2 N–H and O–H groups in total. The highest BCUT2D eigenvalue weighted by Gasteiger charge is 2.09. The summed E-state index contributed by atoms with van der Waals surface area (Å²) in [6.45, 7) is 2.44. The number of pyridine rings is 1. The van der Waals surface area contributed by atoms with E-state index >= 15 is 0 Å². The van der Waals surface area contributed by atoms with Gasteiger partial charge in [-0.2, -0.15) is 4.98 Å². The number of aromatic nitrogens is 4. The highest BCUT2D eigenvalue weighted by molar-refractivity contribution is 5.80. The van der Waals surface area contributed by atoms with Crippen LogP contribution in [0.5, 0.6) is 0 Å². The minimum atomic E-state index is 0.436. The molecule has 3 heterocycles. The van der Waals surface area contributed by atoms with E-state index < -0.39 is 0 Å². The molecular weight excluding hydrogens is 378 g/mol. The van der Waals surface area contributed by atoms with Gasteiger partial charge in [-0.15, -0.1) is 0 Å². The highest BCUT2D eigenvalue weighted by atomic mass is 16.5. The average Bonchev–Trinajstić information content (AvgIpc) is 3.43. The molecule has 4 rings (SSSR count). The molecule has 0 aliphatic heterocycles. The molecule has 154 valence electrons. The second kappa shape index (κ2) is 9.69. The van der Waals surface area contributed by atoms with Gasteiger partial charge in [-0.1, -0.05) is 29.4 Å². The van der Waals surface area contributed by atoms with Crippen LogP contribution in [0.2, 0.25) is 0 Å². The van der Waals surface area contributed by atoms with E-state index in [9.17, 15) is 0 Å². The topological polar surface area (TPSA) is 93.2 Å². The molecule has 0 amide bonds. The van der Waals surface area contributed by atoms with Crippen LogP contribution in [0.3, 0.4) is 0 Å². The number of para-hydroxylation sites is 1. The Kier molecular flexibility index (Phi) is 6.34. The highest BCUT2D eigenvalue weighted by Crippen LogP contribution is 2.15. The van der Waals surface area contributed by atoms with Gasteiger partial charge >= 0.3 is 0 Å². The number of aliphatic imine (C=N–C) groups is 1. The number of nitrogens with zero attached hydrogens (tertiary/aromatic N) is 5. The smallest absolute Gasteiger partial charge is 0.276 e. The van der Waals surface area contributed by atoms with E-state index in [1.165, 1.54) is 10.9 Å². The molecule has 30 heavy (non-hydrogen) atoms. The third-order valence-corrected chi connectivity index (χ3v) is 4.77. The van der Waals surface area contributed by atoms with Crippen LogP contribution in [0.4, 0.5) is 0 Å². The monoisotopic (exact) mass is 403 g/mol. The summed E-state index contributed by atoms with van der Waals surface area (Å²) >= 11 is 0. The van der Waals surface area contributed by atoms with Gasteiger partial charge in [0.1, 0.15) is 5.69 Å². The van der Waals surface area contributed by atoms with Crippen LogP contribution >= 0.6 is 0 Å². The van der Waals surface area contributed by atoms with Gasteiger partial charge in [0.05, 0.1) is 0 Å². The molecule has 0 atom stereocenters. The van der Waals surface area contributed by atoms with Crippen molar-refractivity contribution in [2.75, 3.05) is 20.1 Å². The van der Waals surface area contributed by atoms with Gasteiger partial charge in [-0.05, 0) is 36.1 Å². The van der Waals surface area contributed by atoms with Crippen LogP contribution in [0.15, 0.2) is 70.4 Å². The SMILES string of the molecule is CN=C(NCCCn1ccc2ccccc21)NCCc1noc(-c2ccccn2)n1. The number of hydrogen-bond acceptors (Lipinski definition) is 5. The predicted molar refractivity (Wildman–Crippen MR) is 117 cm³/mol. The van der Waals surface area contributed by atoms with Crippen LogP contribution in [-0.2, 0) is 13.0 Å². The largest absolute Gasteiger partial charge is 0.356 e. The minimum absolute atomic E-state index is 0.436. The molecular formula is C22H25N7O. The Labute approximate surface area is 175 Å².